The lowest BCUT2D eigenvalue weighted by atomic mass is 9.65. The Bertz CT molecular complexity index is 167. The number of hydrogen-bond acceptors (Lipinski definition) is 0. The minimum atomic E-state index is 0.631. The van der Waals surface area contributed by atoms with Crippen molar-refractivity contribution >= 4 is 0 Å². The first-order valence-corrected chi connectivity index (χ1v) is 7.15. The molecule has 0 heteroatoms. The van der Waals surface area contributed by atoms with Crippen LogP contribution in [-0.2, 0) is 0 Å². The fraction of sp³-hybridized carbons (Fsp3) is 1.00. The Morgan fingerprint density at radius 2 is 1.80 bits per heavy atom. The molecule has 15 heavy (non-hydrogen) atoms. The molecule has 0 radical (unpaired) electrons. The van der Waals surface area contributed by atoms with Gasteiger partial charge in [0, 0.05) is 0 Å². The lowest BCUT2D eigenvalue weighted by Crippen LogP contribution is -2.32. The molecule has 0 bridgehead atoms. The zero-order chi connectivity index (χ0) is 11.3. The van der Waals surface area contributed by atoms with Gasteiger partial charge in [-0.3, -0.25) is 0 Å². The van der Waals surface area contributed by atoms with E-state index in [1.807, 2.05) is 0 Å². The Labute approximate surface area is 96.8 Å². The van der Waals surface area contributed by atoms with Crippen LogP contribution in [0.15, 0.2) is 0 Å². The molecule has 0 heterocycles. The zero-order valence-electron chi connectivity index (χ0n) is 11.3. The molecule has 1 fully saturated rings. The lowest BCUT2D eigenvalue weighted by molar-refractivity contribution is 0.0911. The predicted molar refractivity (Wildman–Crippen MR) is 69.0 cm³/mol. The molecule has 0 aromatic rings. The molecule has 0 N–H and O–H groups in total. The summed E-state index contributed by atoms with van der Waals surface area (Å²) in [6, 6.07) is 0. The van der Waals surface area contributed by atoms with Crippen molar-refractivity contribution in [2.24, 2.45) is 17.3 Å². The maximum atomic E-state index is 2.56. The Morgan fingerprint density at radius 1 is 1.20 bits per heavy atom. The van der Waals surface area contributed by atoms with Crippen LogP contribution in [0.4, 0.5) is 0 Å². The molecule has 0 aromatic carbocycles. The van der Waals surface area contributed by atoms with Gasteiger partial charge in [-0.05, 0) is 30.1 Å². The molecule has 0 saturated heterocycles. The molecule has 0 spiro atoms. The summed E-state index contributed by atoms with van der Waals surface area (Å²) in [6.07, 6.45) is 11.6. The summed E-state index contributed by atoms with van der Waals surface area (Å²) in [5, 5.41) is 0. The molecule has 1 rings (SSSR count). The van der Waals surface area contributed by atoms with Gasteiger partial charge >= 0.3 is 0 Å². The van der Waals surface area contributed by atoms with Crippen molar-refractivity contribution in [3.63, 3.8) is 0 Å². The normalized spacial score (nSPS) is 24.0. The molecule has 0 nitrogen and oxygen atoms in total. The van der Waals surface area contributed by atoms with E-state index in [1.165, 1.54) is 51.4 Å². The van der Waals surface area contributed by atoms with Crippen molar-refractivity contribution in [1.29, 1.82) is 0 Å². The molecule has 0 aliphatic heterocycles. The van der Waals surface area contributed by atoms with Gasteiger partial charge in [-0.2, -0.15) is 0 Å². The van der Waals surface area contributed by atoms with E-state index >= 15 is 0 Å². The van der Waals surface area contributed by atoms with Gasteiger partial charge in [0.1, 0.15) is 0 Å². The van der Waals surface area contributed by atoms with Gasteiger partial charge < -0.3 is 0 Å². The number of unbranched alkanes of at least 4 members (excludes halogenated alkanes) is 1. The molecule has 90 valence electrons. The molecule has 0 aromatic heterocycles. The highest BCUT2D eigenvalue weighted by Crippen LogP contribution is 2.48. The molecule has 1 aliphatic carbocycles. The van der Waals surface area contributed by atoms with E-state index in [2.05, 4.69) is 27.7 Å². The van der Waals surface area contributed by atoms with Crippen LogP contribution in [-0.4, -0.2) is 0 Å². The summed E-state index contributed by atoms with van der Waals surface area (Å²) in [4.78, 5) is 0. The second-order valence-electron chi connectivity index (χ2n) is 5.88. The van der Waals surface area contributed by atoms with E-state index in [-0.39, 0.29) is 0 Å². The molecule has 1 aliphatic rings. The third kappa shape index (κ3) is 2.98. The Hall–Kier alpha value is 0. The lowest BCUT2D eigenvalue weighted by Gasteiger charge is -2.41. The highest BCUT2D eigenvalue weighted by Gasteiger charge is 2.38. The topological polar surface area (TPSA) is 0 Å². The van der Waals surface area contributed by atoms with Gasteiger partial charge in [0.15, 0.2) is 0 Å². The van der Waals surface area contributed by atoms with E-state index in [0.29, 0.717) is 5.41 Å². The molecule has 2 unspecified atom stereocenters. The van der Waals surface area contributed by atoms with E-state index in [4.69, 9.17) is 0 Å². The highest BCUT2D eigenvalue weighted by molar-refractivity contribution is 4.88. The van der Waals surface area contributed by atoms with Crippen LogP contribution < -0.4 is 0 Å². The number of rotatable bonds is 6. The SMILES string of the molecule is CCCCC(C)C(C)(CC)C1CCCC1. The van der Waals surface area contributed by atoms with Gasteiger partial charge in [0.2, 0.25) is 0 Å². The van der Waals surface area contributed by atoms with E-state index in [1.54, 1.807) is 0 Å². The van der Waals surface area contributed by atoms with Crippen molar-refractivity contribution in [1.82, 2.24) is 0 Å². The van der Waals surface area contributed by atoms with Crippen LogP contribution in [0.5, 0.6) is 0 Å². The van der Waals surface area contributed by atoms with Crippen LogP contribution >= 0.6 is 0 Å². The average Bonchev–Trinajstić information content (AvgIpc) is 2.78. The third-order valence-electron chi connectivity index (χ3n) is 5.17. The minimum absolute atomic E-state index is 0.631. The molecule has 0 amide bonds. The van der Waals surface area contributed by atoms with Crippen molar-refractivity contribution in [2.45, 2.75) is 79.1 Å². The van der Waals surface area contributed by atoms with Gasteiger partial charge in [0.05, 0.1) is 0 Å². The van der Waals surface area contributed by atoms with Crippen LogP contribution in [0, 0.1) is 17.3 Å². The fourth-order valence-electron chi connectivity index (χ4n) is 3.46. The number of hydrogen-bond donors (Lipinski definition) is 0. The quantitative estimate of drug-likeness (QED) is 0.549. The van der Waals surface area contributed by atoms with Gasteiger partial charge in [0.25, 0.3) is 0 Å². The minimum Gasteiger partial charge on any atom is -0.0654 e. The van der Waals surface area contributed by atoms with E-state index < -0.39 is 0 Å². The van der Waals surface area contributed by atoms with Crippen LogP contribution in [0.2, 0.25) is 0 Å². The first-order valence-electron chi connectivity index (χ1n) is 7.15. The maximum Gasteiger partial charge on any atom is -0.0274 e. The average molecular weight is 210 g/mol. The first kappa shape index (κ1) is 13.1. The highest BCUT2D eigenvalue weighted by atomic mass is 14.4. The standard InChI is InChI=1S/C15H30/c1-5-7-10-13(3)15(4,6-2)14-11-8-9-12-14/h13-14H,5-12H2,1-4H3. The van der Waals surface area contributed by atoms with Crippen molar-refractivity contribution in [2.75, 3.05) is 0 Å². The summed E-state index contributed by atoms with van der Waals surface area (Å²) in [6.45, 7) is 9.77. The van der Waals surface area contributed by atoms with E-state index in [0.717, 1.165) is 11.8 Å². The van der Waals surface area contributed by atoms with Crippen LogP contribution in [0.1, 0.15) is 79.1 Å². The molecule has 1 saturated carbocycles. The van der Waals surface area contributed by atoms with E-state index in [9.17, 15) is 0 Å². The summed E-state index contributed by atoms with van der Waals surface area (Å²) in [7, 11) is 0. The summed E-state index contributed by atoms with van der Waals surface area (Å²) in [5.74, 6) is 1.94. The van der Waals surface area contributed by atoms with Crippen molar-refractivity contribution < 1.29 is 0 Å². The second-order valence-corrected chi connectivity index (χ2v) is 5.88. The smallest absolute Gasteiger partial charge is 0.0274 e. The molecular formula is C15H30. The van der Waals surface area contributed by atoms with Crippen LogP contribution in [0.3, 0.4) is 0 Å². The van der Waals surface area contributed by atoms with Crippen LogP contribution in [0.25, 0.3) is 0 Å². The summed E-state index contributed by atoms with van der Waals surface area (Å²) < 4.78 is 0. The Balaban J connectivity index is 2.56. The summed E-state index contributed by atoms with van der Waals surface area (Å²) in [5.41, 5.74) is 0.631. The summed E-state index contributed by atoms with van der Waals surface area (Å²) >= 11 is 0. The Morgan fingerprint density at radius 3 is 2.27 bits per heavy atom. The second kappa shape index (κ2) is 5.92. The predicted octanol–water partition coefficient (Wildman–Crippen LogP) is 5.42. The largest absolute Gasteiger partial charge is 0.0654 e. The Kier molecular flexibility index (Phi) is 5.15. The van der Waals surface area contributed by atoms with Crippen molar-refractivity contribution in [3.8, 4) is 0 Å². The third-order valence-corrected chi connectivity index (χ3v) is 5.17. The monoisotopic (exact) mass is 210 g/mol. The molecular weight excluding hydrogens is 180 g/mol. The van der Waals surface area contributed by atoms with Gasteiger partial charge in [-0.25, -0.2) is 0 Å². The first-order chi connectivity index (χ1) is 7.15. The fourth-order valence-corrected chi connectivity index (χ4v) is 3.46. The van der Waals surface area contributed by atoms with Crippen molar-refractivity contribution in [3.05, 3.63) is 0 Å². The van der Waals surface area contributed by atoms with Gasteiger partial charge in [-0.1, -0.05) is 66.2 Å². The maximum absolute atomic E-state index is 2.56. The molecule has 2 atom stereocenters. The zero-order valence-corrected chi connectivity index (χ0v) is 11.3. The van der Waals surface area contributed by atoms with Gasteiger partial charge in [-0.15, -0.1) is 0 Å².